The second-order valence-corrected chi connectivity index (χ2v) is 9.42. The Balaban J connectivity index is 0.00000441. The fourth-order valence-electron chi connectivity index (χ4n) is 4.58. The number of hydrogen-bond donors (Lipinski definition) is 3. The molecular weight excluding hydrogens is 532 g/mol. The molecule has 9 nitrogen and oxygen atoms in total. The first-order valence-corrected chi connectivity index (χ1v) is 12.7. The van der Waals surface area contributed by atoms with Crippen LogP contribution in [-0.2, 0) is 25.7 Å². The molecule has 40 heavy (non-hydrogen) atoms. The van der Waals surface area contributed by atoms with Crippen LogP contribution in [0.5, 0.6) is 5.75 Å². The van der Waals surface area contributed by atoms with E-state index in [1.807, 2.05) is 66.7 Å². The lowest BCUT2D eigenvalue weighted by Gasteiger charge is -2.24. The number of likely N-dealkylation sites (tertiary alicyclic amines) is 1. The van der Waals surface area contributed by atoms with E-state index in [4.69, 9.17) is 20.6 Å². The van der Waals surface area contributed by atoms with Crippen molar-refractivity contribution in [2.45, 2.75) is 25.4 Å². The summed E-state index contributed by atoms with van der Waals surface area (Å²) >= 11 is 0. The molecule has 0 spiro atoms. The van der Waals surface area contributed by atoms with E-state index in [0.717, 1.165) is 16.7 Å². The minimum atomic E-state index is -0.562. The minimum absolute atomic E-state index is 0. The summed E-state index contributed by atoms with van der Waals surface area (Å²) in [5, 5.41) is 10.4. The van der Waals surface area contributed by atoms with E-state index >= 15 is 0 Å². The van der Waals surface area contributed by atoms with E-state index in [1.165, 1.54) is 12.0 Å². The predicted octanol–water partition coefficient (Wildman–Crippen LogP) is 3.53. The Morgan fingerprint density at radius 1 is 1.00 bits per heavy atom. The first kappa shape index (κ1) is 30.2. The number of carbonyl (C=O) groups excluding carboxylic acids is 3. The Kier molecular flexibility index (Phi) is 10.7. The first-order valence-electron chi connectivity index (χ1n) is 12.7. The van der Waals surface area contributed by atoms with E-state index in [9.17, 15) is 14.4 Å². The number of nitrogen functional groups attached to an aromatic ring is 1. The number of amides is 2. The van der Waals surface area contributed by atoms with E-state index in [0.29, 0.717) is 24.3 Å². The van der Waals surface area contributed by atoms with E-state index in [-0.39, 0.29) is 55.7 Å². The molecule has 2 amide bonds. The van der Waals surface area contributed by atoms with Gasteiger partial charge in [-0.2, -0.15) is 0 Å². The monoisotopic (exact) mass is 564 g/mol. The number of nitrogens with zero attached hydrogens (tertiary/aromatic N) is 1. The van der Waals surface area contributed by atoms with Crippen LogP contribution in [0.4, 0.5) is 0 Å². The zero-order valence-electron chi connectivity index (χ0n) is 22.2. The molecule has 4 N–H and O–H groups in total. The van der Waals surface area contributed by atoms with Crippen molar-refractivity contribution in [2.24, 2.45) is 11.7 Å². The molecule has 4 rings (SSSR count). The van der Waals surface area contributed by atoms with Gasteiger partial charge in [0.25, 0.3) is 0 Å². The van der Waals surface area contributed by atoms with Gasteiger partial charge in [0, 0.05) is 12.1 Å². The quantitative estimate of drug-likeness (QED) is 0.185. The number of nitrogens with one attached hydrogen (secondary N) is 2. The number of carbonyl (C=O) groups is 3. The van der Waals surface area contributed by atoms with Crippen molar-refractivity contribution in [1.82, 2.24) is 10.2 Å². The average molecular weight is 565 g/mol. The molecule has 1 fully saturated rings. The third kappa shape index (κ3) is 7.83. The molecule has 0 aromatic heterocycles. The van der Waals surface area contributed by atoms with Crippen molar-refractivity contribution in [2.75, 3.05) is 20.3 Å². The van der Waals surface area contributed by atoms with Gasteiger partial charge in [0.1, 0.15) is 18.2 Å². The maximum Gasteiger partial charge on any atom is 0.306 e. The summed E-state index contributed by atoms with van der Waals surface area (Å²) in [6.07, 6.45) is 0.353. The minimum Gasteiger partial charge on any atom is -0.491 e. The van der Waals surface area contributed by atoms with Gasteiger partial charge in [-0.25, -0.2) is 0 Å². The Morgan fingerprint density at radius 3 is 2.23 bits per heavy atom. The van der Waals surface area contributed by atoms with Crippen molar-refractivity contribution in [1.29, 1.82) is 5.41 Å². The second kappa shape index (κ2) is 14.1. The molecule has 0 unspecified atom stereocenters. The molecule has 10 heteroatoms. The van der Waals surface area contributed by atoms with Gasteiger partial charge in [0.15, 0.2) is 0 Å². The Morgan fingerprint density at radius 2 is 1.62 bits per heavy atom. The van der Waals surface area contributed by atoms with Crippen LogP contribution in [0, 0.1) is 11.3 Å². The van der Waals surface area contributed by atoms with Crippen LogP contribution in [0.2, 0.25) is 0 Å². The van der Waals surface area contributed by atoms with Crippen LogP contribution in [0.25, 0.3) is 11.1 Å². The summed E-state index contributed by atoms with van der Waals surface area (Å²) < 4.78 is 10.8. The zero-order valence-corrected chi connectivity index (χ0v) is 23.0. The van der Waals surface area contributed by atoms with Gasteiger partial charge < -0.3 is 25.4 Å². The van der Waals surface area contributed by atoms with Gasteiger partial charge >= 0.3 is 5.97 Å². The van der Waals surface area contributed by atoms with Gasteiger partial charge in [-0.3, -0.25) is 19.8 Å². The van der Waals surface area contributed by atoms with Crippen LogP contribution >= 0.6 is 12.4 Å². The molecule has 0 radical (unpaired) electrons. The molecule has 3 aromatic rings. The molecule has 1 aliphatic rings. The number of esters is 1. The largest absolute Gasteiger partial charge is 0.491 e. The van der Waals surface area contributed by atoms with Gasteiger partial charge in [-0.15, -0.1) is 12.4 Å². The highest BCUT2D eigenvalue weighted by atomic mass is 35.5. The SMILES string of the molecule is COC(=O)C[C@@H]1C[C@@H](COc2ccc(-c3ccc(C(=N)N)cc3)cc2)N(CC(=O)NCc2ccccc2)C1=O.Cl. The van der Waals surface area contributed by atoms with E-state index < -0.39 is 11.9 Å². The number of benzene rings is 3. The Labute approximate surface area is 239 Å². The number of methoxy groups -OCH3 is 1. The number of halogens is 1. The molecule has 0 aliphatic carbocycles. The third-order valence-electron chi connectivity index (χ3n) is 6.74. The van der Waals surface area contributed by atoms with Gasteiger partial charge in [-0.05, 0) is 35.2 Å². The van der Waals surface area contributed by atoms with Crippen LogP contribution in [0.1, 0.15) is 24.0 Å². The number of rotatable bonds is 11. The summed E-state index contributed by atoms with van der Waals surface area (Å²) in [6, 6.07) is 24.1. The molecule has 1 heterocycles. The summed E-state index contributed by atoms with van der Waals surface area (Å²) in [4.78, 5) is 39.2. The lowest BCUT2D eigenvalue weighted by molar-refractivity contribution is -0.145. The molecule has 1 saturated heterocycles. The lowest BCUT2D eigenvalue weighted by atomic mass is 10.0. The predicted molar refractivity (Wildman–Crippen MR) is 154 cm³/mol. The Hall–Kier alpha value is -4.37. The number of amidine groups is 1. The number of nitrogens with two attached hydrogens (primary N) is 1. The van der Waals surface area contributed by atoms with E-state index in [1.54, 1.807) is 12.1 Å². The first-order chi connectivity index (χ1) is 18.8. The fraction of sp³-hybridized carbons (Fsp3) is 0.267. The zero-order chi connectivity index (χ0) is 27.8. The number of ether oxygens (including phenoxy) is 2. The normalized spacial score (nSPS) is 16.1. The van der Waals surface area contributed by atoms with Crippen LogP contribution in [0.3, 0.4) is 0 Å². The van der Waals surface area contributed by atoms with E-state index in [2.05, 4.69) is 5.32 Å². The van der Waals surface area contributed by atoms with Crippen molar-refractivity contribution in [3.8, 4) is 16.9 Å². The van der Waals surface area contributed by atoms with Crippen molar-refractivity contribution < 1.29 is 23.9 Å². The molecule has 210 valence electrons. The number of hydrogen-bond acceptors (Lipinski definition) is 6. The summed E-state index contributed by atoms with van der Waals surface area (Å²) in [7, 11) is 1.29. The molecule has 0 saturated carbocycles. The van der Waals surface area contributed by atoms with Gasteiger partial charge in [0.05, 0.1) is 32.0 Å². The second-order valence-electron chi connectivity index (χ2n) is 9.42. The summed E-state index contributed by atoms with van der Waals surface area (Å²) in [5.74, 6) is -0.920. The highest BCUT2D eigenvalue weighted by Gasteiger charge is 2.41. The highest BCUT2D eigenvalue weighted by molar-refractivity contribution is 5.95. The molecule has 2 atom stereocenters. The van der Waals surface area contributed by atoms with Crippen molar-refractivity contribution in [3.63, 3.8) is 0 Å². The van der Waals surface area contributed by atoms with Crippen molar-refractivity contribution in [3.05, 3.63) is 90.0 Å². The standard InChI is InChI=1S/C30H32N4O5.ClH/c1-38-28(36)16-24-15-25(34(30(24)37)18-27(35)33-17-20-5-3-2-4-6-20)19-39-26-13-11-22(12-14-26)21-7-9-23(10-8-21)29(31)32;/h2-14,24-25H,15-19H2,1H3,(H3,31,32)(H,33,35);1H/t24-,25-;/m0./s1. The average Bonchev–Trinajstić information content (AvgIpc) is 3.24. The fourth-order valence-corrected chi connectivity index (χ4v) is 4.58. The summed E-state index contributed by atoms with van der Waals surface area (Å²) in [6.45, 7) is 0.423. The van der Waals surface area contributed by atoms with Crippen LogP contribution in [0.15, 0.2) is 78.9 Å². The third-order valence-corrected chi connectivity index (χ3v) is 6.74. The Bertz CT molecular complexity index is 1320. The molecular formula is C30H33ClN4O5. The van der Waals surface area contributed by atoms with Crippen molar-refractivity contribution >= 4 is 36.0 Å². The van der Waals surface area contributed by atoms with Crippen LogP contribution in [-0.4, -0.2) is 54.8 Å². The van der Waals surface area contributed by atoms with Gasteiger partial charge in [0.2, 0.25) is 11.8 Å². The smallest absolute Gasteiger partial charge is 0.306 e. The molecule has 0 bridgehead atoms. The maximum atomic E-state index is 13.1. The summed E-state index contributed by atoms with van der Waals surface area (Å²) in [5.41, 5.74) is 9.10. The van der Waals surface area contributed by atoms with Crippen LogP contribution < -0.4 is 15.8 Å². The highest BCUT2D eigenvalue weighted by Crippen LogP contribution is 2.29. The van der Waals surface area contributed by atoms with Gasteiger partial charge in [-0.1, -0.05) is 66.7 Å². The maximum absolute atomic E-state index is 13.1. The topological polar surface area (TPSA) is 135 Å². The molecule has 3 aromatic carbocycles. The lowest BCUT2D eigenvalue weighted by Crippen LogP contribution is -2.44. The molecule has 1 aliphatic heterocycles.